The molecule has 376 valence electrons. The number of fused-ring (bicyclic) bond motifs is 16. The highest BCUT2D eigenvalue weighted by atomic mass is 16.5. The highest BCUT2D eigenvalue weighted by molar-refractivity contribution is 6.10. The van der Waals surface area contributed by atoms with E-state index < -0.39 is 5.41 Å². The number of furan rings is 1. The molecule has 0 saturated carbocycles. The first-order valence-corrected chi connectivity index (χ1v) is 27.8. The van der Waals surface area contributed by atoms with Gasteiger partial charge in [0.15, 0.2) is 0 Å². The lowest BCUT2D eigenvalue weighted by molar-refractivity contribution is 0.280. The van der Waals surface area contributed by atoms with Crippen molar-refractivity contribution in [1.29, 1.82) is 0 Å². The fourth-order valence-corrected chi connectivity index (χ4v) is 14.0. The molecular formula is C75H54N2O2. The van der Waals surface area contributed by atoms with E-state index in [2.05, 4.69) is 272 Å². The summed E-state index contributed by atoms with van der Waals surface area (Å²) in [5.41, 5.74) is 26.6. The molecule has 5 aliphatic rings. The van der Waals surface area contributed by atoms with Crippen LogP contribution in [0.5, 0.6) is 5.75 Å². The third kappa shape index (κ3) is 6.80. The molecule has 2 unspecified atom stereocenters. The van der Waals surface area contributed by atoms with Gasteiger partial charge in [-0.15, -0.1) is 0 Å². The third-order valence-corrected chi connectivity index (χ3v) is 17.4. The number of allylic oxidation sites excluding steroid dienone is 4. The highest BCUT2D eigenvalue weighted by Gasteiger charge is 2.53. The van der Waals surface area contributed by atoms with Crippen molar-refractivity contribution in [3.05, 3.63) is 294 Å². The molecule has 10 aromatic carbocycles. The first-order chi connectivity index (χ1) is 39.0. The molecule has 0 fully saturated rings. The van der Waals surface area contributed by atoms with Gasteiger partial charge in [-0.25, -0.2) is 0 Å². The first-order valence-electron chi connectivity index (χ1n) is 27.8. The molecule has 1 aliphatic heterocycles. The Morgan fingerprint density at radius 1 is 0.468 bits per heavy atom. The minimum atomic E-state index is -0.605. The quantitative estimate of drug-likeness (QED) is 0.152. The summed E-state index contributed by atoms with van der Waals surface area (Å²) in [6.45, 7) is 4.59. The van der Waals surface area contributed by atoms with Gasteiger partial charge in [-0.2, -0.15) is 0 Å². The zero-order valence-corrected chi connectivity index (χ0v) is 44.0. The van der Waals surface area contributed by atoms with Gasteiger partial charge in [-0.1, -0.05) is 194 Å². The lowest BCUT2D eigenvalue weighted by Crippen LogP contribution is -2.31. The van der Waals surface area contributed by atoms with Crippen LogP contribution in [-0.2, 0) is 5.41 Å². The Bertz CT molecular complexity index is 4390. The molecule has 16 rings (SSSR count). The SMILES string of the molecule is Cc1cc(N(c2ccccc2)c2ccc(-c3cccc4c3oc3ccccc34)cc2)c2c(c1)C1(c3ccccc3-c3ccccc31)c1cc(N(c3ccc(-c4cccc5c4OC4CC=CC=C54)cc3)C3C=CC=CC3)c(C)cc1-2. The van der Waals surface area contributed by atoms with Gasteiger partial charge >= 0.3 is 0 Å². The molecule has 4 heteroatoms. The minimum absolute atomic E-state index is 0.0715. The fourth-order valence-electron chi connectivity index (χ4n) is 14.0. The van der Waals surface area contributed by atoms with Crippen LogP contribution in [0.1, 0.15) is 51.8 Å². The van der Waals surface area contributed by atoms with Crippen LogP contribution >= 0.6 is 0 Å². The largest absolute Gasteiger partial charge is 0.484 e. The second-order valence-electron chi connectivity index (χ2n) is 21.8. The molecule has 1 aromatic heterocycles. The van der Waals surface area contributed by atoms with Crippen LogP contribution in [-0.4, -0.2) is 12.1 Å². The Kier molecular flexibility index (Phi) is 10.2. The van der Waals surface area contributed by atoms with E-state index in [0.29, 0.717) is 0 Å². The van der Waals surface area contributed by atoms with E-state index >= 15 is 0 Å². The molecule has 0 N–H and O–H groups in total. The monoisotopic (exact) mass is 1010 g/mol. The molecule has 0 saturated heterocycles. The molecule has 1 spiro atoms. The van der Waals surface area contributed by atoms with Gasteiger partial charge < -0.3 is 19.0 Å². The van der Waals surface area contributed by atoms with Gasteiger partial charge in [-0.05, 0) is 142 Å². The van der Waals surface area contributed by atoms with Gasteiger partial charge in [0, 0.05) is 67.8 Å². The highest BCUT2D eigenvalue weighted by Crippen LogP contribution is 2.66. The molecule has 0 amide bonds. The van der Waals surface area contributed by atoms with Crippen molar-refractivity contribution in [2.24, 2.45) is 0 Å². The van der Waals surface area contributed by atoms with Crippen LogP contribution in [0.3, 0.4) is 0 Å². The van der Waals surface area contributed by atoms with Gasteiger partial charge in [0.05, 0.1) is 17.1 Å². The number of hydrogen-bond donors (Lipinski definition) is 0. The van der Waals surface area contributed by atoms with Gasteiger partial charge in [0.2, 0.25) is 0 Å². The van der Waals surface area contributed by atoms with E-state index in [4.69, 9.17) is 9.15 Å². The van der Waals surface area contributed by atoms with Crippen LogP contribution in [0.25, 0.3) is 72.0 Å². The number of anilines is 5. The Balaban J connectivity index is 0.891. The summed E-state index contributed by atoms with van der Waals surface area (Å²) < 4.78 is 13.3. The van der Waals surface area contributed by atoms with E-state index in [-0.39, 0.29) is 12.1 Å². The van der Waals surface area contributed by atoms with Crippen molar-refractivity contribution in [2.75, 3.05) is 9.80 Å². The standard InChI is InChI=1S/C75H54N2O2/c1-47-43-67-72(69(44-47)77(52-21-7-4-8-22-52)54-41-37-50(38-42-54)56-28-18-30-62-60-26-12-16-34-71(60)79-74(56)62)63-45-48(2)68(46-66(63)75(67)64-31-13-9-23-57(64)58-24-10-14-32-65(58)75)76(51-19-5-3-6-20-51)53-39-35-49(36-40-53)55-27-17-29-61-59-25-11-15-33-70(59)78-73(55)61/h3-19,21-32,34-46,51,70H,20,33H2,1-2H3. The van der Waals surface area contributed by atoms with Gasteiger partial charge in [-0.3, -0.25) is 0 Å². The van der Waals surface area contributed by atoms with E-state index in [1.54, 1.807) is 0 Å². The molecule has 0 bridgehead atoms. The van der Waals surface area contributed by atoms with Crippen LogP contribution < -0.4 is 14.5 Å². The topological polar surface area (TPSA) is 28.9 Å². The van der Waals surface area contributed by atoms with E-state index in [9.17, 15) is 0 Å². The van der Waals surface area contributed by atoms with Crippen LogP contribution in [0, 0.1) is 13.8 Å². The zero-order valence-electron chi connectivity index (χ0n) is 44.0. The number of benzene rings is 10. The first kappa shape index (κ1) is 45.5. The van der Waals surface area contributed by atoms with Crippen molar-refractivity contribution in [1.82, 2.24) is 0 Å². The second-order valence-corrected chi connectivity index (χ2v) is 21.8. The molecule has 79 heavy (non-hydrogen) atoms. The zero-order chi connectivity index (χ0) is 52.3. The fraction of sp³-hybridized carbons (Fsp3) is 0.0933. The maximum Gasteiger partial charge on any atom is 0.143 e. The van der Waals surface area contributed by atoms with Gasteiger partial charge in [0.1, 0.15) is 23.0 Å². The van der Waals surface area contributed by atoms with E-state index in [1.807, 2.05) is 6.07 Å². The summed E-state index contributed by atoms with van der Waals surface area (Å²) >= 11 is 0. The average Bonchev–Trinajstić information content (AvgIpc) is 3.70. The number of aryl methyl sites for hydroxylation is 2. The molecule has 4 aliphatic carbocycles. The van der Waals surface area contributed by atoms with E-state index in [0.717, 1.165) is 85.5 Å². The minimum Gasteiger partial charge on any atom is -0.484 e. The molecule has 2 atom stereocenters. The van der Waals surface area contributed by atoms with Crippen LogP contribution in [0.2, 0.25) is 0 Å². The summed E-state index contributed by atoms with van der Waals surface area (Å²) in [4.78, 5) is 5.08. The lowest BCUT2D eigenvalue weighted by Gasteiger charge is -2.36. The Hall–Kier alpha value is -9.64. The molecule has 2 heterocycles. The Morgan fingerprint density at radius 2 is 1.11 bits per heavy atom. The summed E-state index contributed by atoms with van der Waals surface area (Å²) in [5, 5.41) is 2.26. The number of para-hydroxylation sites is 4. The number of nitrogens with zero attached hydrogens (tertiary/aromatic N) is 2. The third-order valence-electron chi connectivity index (χ3n) is 17.4. The van der Waals surface area contributed by atoms with Crippen molar-refractivity contribution < 1.29 is 9.15 Å². The number of rotatable bonds is 8. The van der Waals surface area contributed by atoms with Crippen LogP contribution in [0.4, 0.5) is 28.4 Å². The number of hydrogen-bond acceptors (Lipinski definition) is 4. The normalized spacial score (nSPS) is 16.5. The smallest absolute Gasteiger partial charge is 0.143 e. The lowest BCUT2D eigenvalue weighted by atomic mass is 9.70. The van der Waals surface area contributed by atoms with Gasteiger partial charge in [0.25, 0.3) is 0 Å². The molecule has 4 nitrogen and oxygen atoms in total. The Morgan fingerprint density at radius 3 is 1.90 bits per heavy atom. The van der Waals surface area contributed by atoms with Crippen molar-refractivity contribution in [2.45, 2.75) is 44.2 Å². The predicted molar refractivity (Wildman–Crippen MR) is 326 cm³/mol. The van der Waals surface area contributed by atoms with Crippen molar-refractivity contribution >= 4 is 55.9 Å². The molecular weight excluding hydrogens is 961 g/mol. The second kappa shape index (κ2) is 17.7. The van der Waals surface area contributed by atoms with Crippen molar-refractivity contribution in [3.8, 4) is 50.3 Å². The summed E-state index contributed by atoms with van der Waals surface area (Å²) in [7, 11) is 0. The Labute approximate surface area is 460 Å². The predicted octanol–water partition coefficient (Wildman–Crippen LogP) is 19.5. The maximum atomic E-state index is 6.69. The summed E-state index contributed by atoms with van der Waals surface area (Å²) in [6.07, 6.45) is 17.5. The van der Waals surface area contributed by atoms with E-state index in [1.165, 1.54) is 72.5 Å². The summed E-state index contributed by atoms with van der Waals surface area (Å²) in [6, 6.07) is 79.0. The maximum absolute atomic E-state index is 6.69. The van der Waals surface area contributed by atoms with Crippen LogP contribution in [0.15, 0.2) is 259 Å². The molecule has 0 radical (unpaired) electrons. The van der Waals surface area contributed by atoms with Crippen molar-refractivity contribution in [3.63, 3.8) is 0 Å². The number of ether oxygens (including phenoxy) is 1. The average molecular weight is 1020 g/mol. The molecule has 11 aromatic rings. The summed E-state index contributed by atoms with van der Waals surface area (Å²) in [5.74, 6) is 0.984.